The van der Waals surface area contributed by atoms with E-state index in [0.29, 0.717) is 17.1 Å². The summed E-state index contributed by atoms with van der Waals surface area (Å²) in [6.45, 7) is 0. The Morgan fingerprint density at radius 1 is 1.08 bits per heavy atom. The van der Waals surface area contributed by atoms with Gasteiger partial charge in [0.2, 0.25) is 0 Å². The number of benzene rings is 3. The van der Waals surface area contributed by atoms with Crippen molar-refractivity contribution in [2.75, 3.05) is 24.8 Å². The van der Waals surface area contributed by atoms with Crippen LogP contribution in [0.4, 0.5) is 11.4 Å². The van der Waals surface area contributed by atoms with Crippen molar-refractivity contribution in [3.05, 3.63) is 60.2 Å². The standard InChI is InChI=1S/C19H18N2O3/c1-20-17-15-6-4-3-5-12(15)11-16(18(17)22)19(23)21-13-7-9-14(24-2)10-8-13/h3-11,20,22H,1-2H3,(H,21,23). The third-order valence-corrected chi connectivity index (χ3v) is 3.86. The van der Waals surface area contributed by atoms with E-state index >= 15 is 0 Å². The van der Waals surface area contributed by atoms with Gasteiger partial charge in [-0.2, -0.15) is 0 Å². The van der Waals surface area contributed by atoms with Crippen LogP contribution >= 0.6 is 0 Å². The molecule has 3 N–H and O–H groups in total. The minimum atomic E-state index is -0.375. The van der Waals surface area contributed by atoms with Crippen LogP contribution in [0, 0.1) is 0 Å². The van der Waals surface area contributed by atoms with Crippen molar-refractivity contribution in [3.8, 4) is 11.5 Å². The molecule has 3 rings (SSSR count). The fourth-order valence-corrected chi connectivity index (χ4v) is 2.64. The number of carbonyl (C=O) groups is 1. The van der Waals surface area contributed by atoms with Gasteiger partial charge in [-0.15, -0.1) is 0 Å². The summed E-state index contributed by atoms with van der Waals surface area (Å²) >= 11 is 0. The summed E-state index contributed by atoms with van der Waals surface area (Å²) in [7, 11) is 3.30. The van der Waals surface area contributed by atoms with Crippen LogP contribution in [0.3, 0.4) is 0 Å². The number of hydrogen-bond donors (Lipinski definition) is 3. The molecule has 3 aromatic carbocycles. The Morgan fingerprint density at radius 3 is 2.46 bits per heavy atom. The second-order valence-electron chi connectivity index (χ2n) is 5.30. The maximum absolute atomic E-state index is 12.6. The zero-order valence-electron chi connectivity index (χ0n) is 13.5. The monoisotopic (exact) mass is 322 g/mol. The molecule has 3 aromatic rings. The molecule has 0 spiro atoms. The number of anilines is 2. The predicted octanol–water partition coefficient (Wildman–Crippen LogP) is 3.85. The van der Waals surface area contributed by atoms with Crippen molar-refractivity contribution in [1.82, 2.24) is 0 Å². The van der Waals surface area contributed by atoms with Crippen molar-refractivity contribution >= 4 is 28.1 Å². The van der Waals surface area contributed by atoms with Crippen molar-refractivity contribution in [2.45, 2.75) is 0 Å². The van der Waals surface area contributed by atoms with Gasteiger partial charge in [-0.3, -0.25) is 4.79 Å². The van der Waals surface area contributed by atoms with E-state index in [1.54, 1.807) is 44.5 Å². The van der Waals surface area contributed by atoms with Gasteiger partial charge in [-0.05, 0) is 35.7 Å². The average Bonchev–Trinajstić information content (AvgIpc) is 2.61. The second kappa shape index (κ2) is 6.50. The Labute approximate surface area is 139 Å². The number of hydrogen-bond acceptors (Lipinski definition) is 4. The van der Waals surface area contributed by atoms with E-state index in [0.717, 1.165) is 10.8 Å². The van der Waals surface area contributed by atoms with Gasteiger partial charge in [0.05, 0.1) is 18.4 Å². The summed E-state index contributed by atoms with van der Waals surface area (Å²) in [6.07, 6.45) is 0. The fraction of sp³-hybridized carbons (Fsp3) is 0.105. The largest absolute Gasteiger partial charge is 0.505 e. The quantitative estimate of drug-likeness (QED) is 0.638. The number of amides is 1. The van der Waals surface area contributed by atoms with Crippen LogP contribution in [0.25, 0.3) is 10.8 Å². The molecule has 0 unspecified atom stereocenters. The van der Waals surface area contributed by atoms with Crippen LogP contribution in [0.15, 0.2) is 54.6 Å². The molecule has 0 saturated carbocycles. The molecule has 0 saturated heterocycles. The van der Waals surface area contributed by atoms with E-state index in [1.165, 1.54) is 0 Å². The van der Waals surface area contributed by atoms with E-state index in [2.05, 4.69) is 10.6 Å². The molecule has 122 valence electrons. The second-order valence-corrected chi connectivity index (χ2v) is 5.30. The Morgan fingerprint density at radius 2 is 1.79 bits per heavy atom. The SMILES string of the molecule is CNc1c(O)c(C(=O)Nc2ccc(OC)cc2)cc2ccccc12. The van der Waals surface area contributed by atoms with Gasteiger partial charge in [-0.25, -0.2) is 0 Å². The molecule has 1 amide bonds. The lowest BCUT2D eigenvalue weighted by Gasteiger charge is -2.13. The van der Waals surface area contributed by atoms with Gasteiger partial charge in [0, 0.05) is 18.1 Å². The lowest BCUT2D eigenvalue weighted by molar-refractivity contribution is 0.102. The molecule has 0 bridgehead atoms. The Balaban J connectivity index is 1.98. The first-order chi connectivity index (χ1) is 11.6. The summed E-state index contributed by atoms with van der Waals surface area (Å²) in [5.41, 5.74) is 1.38. The van der Waals surface area contributed by atoms with Crippen molar-refractivity contribution in [3.63, 3.8) is 0 Å². The predicted molar refractivity (Wildman–Crippen MR) is 96.1 cm³/mol. The van der Waals surface area contributed by atoms with E-state index in [1.807, 2.05) is 24.3 Å². The Hall–Kier alpha value is -3.21. The normalized spacial score (nSPS) is 10.4. The summed E-state index contributed by atoms with van der Waals surface area (Å²) in [5.74, 6) is 0.265. The van der Waals surface area contributed by atoms with Gasteiger partial charge in [0.25, 0.3) is 5.91 Å². The van der Waals surface area contributed by atoms with E-state index in [4.69, 9.17) is 4.74 Å². The summed E-state index contributed by atoms with van der Waals surface area (Å²) < 4.78 is 5.10. The highest BCUT2D eigenvalue weighted by molar-refractivity contribution is 6.12. The van der Waals surface area contributed by atoms with E-state index in [9.17, 15) is 9.90 Å². The average molecular weight is 322 g/mol. The Kier molecular flexibility index (Phi) is 4.24. The molecule has 0 radical (unpaired) electrons. The van der Waals surface area contributed by atoms with Crippen LogP contribution in [-0.2, 0) is 0 Å². The topological polar surface area (TPSA) is 70.6 Å². The number of methoxy groups -OCH3 is 1. The highest BCUT2D eigenvalue weighted by Gasteiger charge is 2.17. The van der Waals surface area contributed by atoms with Gasteiger partial charge in [0.1, 0.15) is 5.75 Å². The van der Waals surface area contributed by atoms with Crippen molar-refractivity contribution < 1.29 is 14.6 Å². The minimum absolute atomic E-state index is 0.0674. The molecular formula is C19H18N2O3. The smallest absolute Gasteiger partial charge is 0.259 e. The van der Waals surface area contributed by atoms with Gasteiger partial charge >= 0.3 is 0 Å². The highest BCUT2D eigenvalue weighted by Crippen LogP contribution is 2.36. The van der Waals surface area contributed by atoms with E-state index < -0.39 is 0 Å². The molecule has 0 heterocycles. The van der Waals surface area contributed by atoms with Crippen LogP contribution in [0.2, 0.25) is 0 Å². The van der Waals surface area contributed by atoms with Gasteiger partial charge in [0.15, 0.2) is 5.75 Å². The highest BCUT2D eigenvalue weighted by atomic mass is 16.5. The molecule has 0 aliphatic rings. The van der Waals surface area contributed by atoms with Crippen LogP contribution in [0.1, 0.15) is 10.4 Å². The number of rotatable bonds is 4. The first-order valence-corrected chi connectivity index (χ1v) is 7.52. The number of ether oxygens (including phenoxy) is 1. The molecule has 0 aromatic heterocycles. The molecule has 0 atom stereocenters. The lowest BCUT2D eigenvalue weighted by atomic mass is 10.0. The van der Waals surface area contributed by atoms with Crippen LogP contribution < -0.4 is 15.4 Å². The molecule has 0 fully saturated rings. The third kappa shape index (κ3) is 2.84. The number of phenolic OH excluding ortho intramolecular Hbond substituents is 1. The van der Waals surface area contributed by atoms with Crippen molar-refractivity contribution in [2.24, 2.45) is 0 Å². The molecule has 24 heavy (non-hydrogen) atoms. The van der Waals surface area contributed by atoms with Gasteiger partial charge in [-0.1, -0.05) is 24.3 Å². The maximum Gasteiger partial charge on any atom is 0.259 e. The number of nitrogens with one attached hydrogen (secondary N) is 2. The molecule has 5 heteroatoms. The van der Waals surface area contributed by atoms with Crippen LogP contribution in [-0.4, -0.2) is 25.2 Å². The summed E-state index contributed by atoms with van der Waals surface area (Å²) in [6, 6.07) is 16.3. The zero-order chi connectivity index (χ0) is 17.1. The summed E-state index contributed by atoms with van der Waals surface area (Å²) in [4.78, 5) is 12.6. The lowest BCUT2D eigenvalue weighted by Crippen LogP contribution is -2.12. The summed E-state index contributed by atoms with van der Waals surface area (Å²) in [5, 5.41) is 18.0. The molecule has 0 aliphatic carbocycles. The van der Waals surface area contributed by atoms with E-state index in [-0.39, 0.29) is 17.2 Å². The zero-order valence-corrected chi connectivity index (χ0v) is 13.5. The number of fused-ring (bicyclic) bond motifs is 1. The number of carbonyl (C=O) groups excluding carboxylic acids is 1. The molecule has 5 nitrogen and oxygen atoms in total. The number of phenols is 1. The minimum Gasteiger partial charge on any atom is -0.505 e. The Bertz CT molecular complexity index is 889. The number of aromatic hydroxyl groups is 1. The first-order valence-electron chi connectivity index (χ1n) is 7.52. The molecular weight excluding hydrogens is 304 g/mol. The first kappa shape index (κ1) is 15.7. The fourth-order valence-electron chi connectivity index (χ4n) is 2.64. The maximum atomic E-state index is 12.6. The third-order valence-electron chi connectivity index (χ3n) is 3.86. The van der Waals surface area contributed by atoms with Crippen LogP contribution in [0.5, 0.6) is 11.5 Å². The van der Waals surface area contributed by atoms with Crippen molar-refractivity contribution in [1.29, 1.82) is 0 Å². The molecule has 0 aliphatic heterocycles. The van der Waals surface area contributed by atoms with Gasteiger partial charge < -0.3 is 20.5 Å².